The van der Waals surface area contributed by atoms with Gasteiger partial charge in [0.1, 0.15) is 23.5 Å². The number of carbonyl (C=O) groups is 2. The molecule has 132 valence electrons. The molecule has 4 nitrogen and oxygen atoms in total. The molecule has 1 unspecified atom stereocenters. The van der Waals surface area contributed by atoms with E-state index in [1.165, 1.54) is 12.1 Å². The van der Waals surface area contributed by atoms with Crippen LogP contribution < -0.4 is 10.6 Å². The molecule has 2 N–H and O–H groups in total. The van der Waals surface area contributed by atoms with Crippen LogP contribution in [0, 0.1) is 23.4 Å². The van der Waals surface area contributed by atoms with Crippen LogP contribution in [-0.2, 0) is 4.79 Å². The Balaban J connectivity index is 2.12. The number of carbonyl (C=O) groups excluding carboxylic acids is 2. The average Bonchev–Trinajstić information content (AvgIpc) is 2.55. The molecule has 2 rings (SSSR count). The molecule has 2 amide bonds. The number of halogens is 3. The summed E-state index contributed by atoms with van der Waals surface area (Å²) in [6, 6.07) is 6.65. The van der Waals surface area contributed by atoms with Gasteiger partial charge in [-0.05, 0) is 42.3 Å². The first-order valence-electron chi connectivity index (χ1n) is 7.60. The number of benzene rings is 2. The van der Waals surface area contributed by atoms with Crippen molar-refractivity contribution in [3.63, 3.8) is 0 Å². The van der Waals surface area contributed by atoms with Crippen molar-refractivity contribution in [2.24, 2.45) is 5.92 Å². The van der Waals surface area contributed by atoms with Crippen LogP contribution in [0.1, 0.15) is 24.2 Å². The van der Waals surface area contributed by atoms with Gasteiger partial charge in [-0.1, -0.05) is 13.8 Å². The van der Waals surface area contributed by atoms with Crippen LogP contribution >= 0.6 is 0 Å². The topological polar surface area (TPSA) is 58.2 Å². The van der Waals surface area contributed by atoms with E-state index in [9.17, 15) is 22.8 Å². The Labute approximate surface area is 143 Å². The van der Waals surface area contributed by atoms with Crippen LogP contribution in [0.15, 0.2) is 42.5 Å². The number of amides is 2. The molecule has 0 saturated carbocycles. The number of hydrogen-bond acceptors (Lipinski definition) is 2. The summed E-state index contributed by atoms with van der Waals surface area (Å²) in [6.45, 7) is 3.41. The van der Waals surface area contributed by atoms with E-state index in [1.54, 1.807) is 13.8 Å². The van der Waals surface area contributed by atoms with Crippen molar-refractivity contribution in [3.8, 4) is 0 Å². The molecule has 0 heterocycles. The van der Waals surface area contributed by atoms with Gasteiger partial charge in [0.2, 0.25) is 5.91 Å². The molecular formula is C18H17F3N2O2. The maximum Gasteiger partial charge on any atom is 0.251 e. The monoisotopic (exact) mass is 350 g/mol. The molecule has 0 fully saturated rings. The molecule has 0 saturated heterocycles. The maximum atomic E-state index is 13.7. The van der Waals surface area contributed by atoms with Crippen molar-refractivity contribution < 1.29 is 22.8 Å². The summed E-state index contributed by atoms with van der Waals surface area (Å²) in [5, 5.41) is 4.86. The van der Waals surface area contributed by atoms with Crippen LogP contribution in [0.4, 0.5) is 18.9 Å². The highest BCUT2D eigenvalue weighted by atomic mass is 19.1. The first-order chi connectivity index (χ1) is 11.8. The summed E-state index contributed by atoms with van der Waals surface area (Å²) in [5.41, 5.74) is 0.000828. The summed E-state index contributed by atoms with van der Waals surface area (Å²) < 4.78 is 39.5. The van der Waals surface area contributed by atoms with Gasteiger partial charge in [0.15, 0.2) is 0 Å². The van der Waals surface area contributed by atoms with Gasteiger partial charge in [0, 0.05) is 11.6 Å². The van der Waals surface area contributed by atoms with E-state index in [0.29, 0.717) is 6.07 Å². The Hall–Kier alpha value is -2.83. The first kappa shape index (κ1) is 18.5. The fourth-order valence-electron chi connectivity index (χ4n) is 2.16. The Morgan fingerprint density at radius 3 is 2.08 bits per heavy atom. The van der Waals surface area contributed by atoms with Crippen LogP contribution in [0.3, 0.4) is 0 Å². The van der Waals surface area contributed by atoms with E-state index in [-0.39, 0.29) is 17.2 Å². The molecule has 25 heavy (non-hydrogen) atoms. The summed E-state index contributed by atoms with van der Waals surface area (Å²) in [7, 11) is 0. The van der Waals surface area contributed by atoms with Gasteiger partial charge in [0.05, 0.1) is 5.69 Å². The molecule has 0 aromatic heterocycles. The quantitative estimate of drug-likeness (QED) is 0.867. The third kappa shape index (κ3) is 4.82. The van der Waals surface area contributed by atoms with Crippen LogP contribution in [0.5, 0.6) is 0 Å². The van der Waals surface area contributed by atoms with Crippen molar-refractivity contribution >= 4 is 17.5 Å². The van der Waals surface area contributed by atoms with E-state index < -0.39 is 35.3 Å². The predicted molar refractivity (Wildman–Crippen MR) is 87.5 cm³/mol. The number of anilines is 1. The van der Waals surface area contributed by atoms with E-state index in [0.717, 1.165) is 24.3 Å². The van der Waals surface area contributed by atoms with Crippen molar-refractivity contribution in [1.29, 1.82) is 0 Å². The predicted octanol–water partition coefficient (Wildman–Crippen LogP) is 3.50. The minimum absolute atomic E-state index is 0.187. The van der Waals surface area contributed by atoms with Crippen molar-refractivity contribution in [2.75, 3.05) is 5.32 Å². The fraction of sp³-hybridized carbons (Fsp3) is 0.222. The Morgan fingerprint density at radius 2 is 1.52 bits per heavy atom. The lowest BCUT2D eigenvalue weighted by Gasteiger charge is -2.22. The second-order valence-electron chi connectivity index (χ2n) is 5.82. The molecule has 0 radical (unpaired) electrons. The van der Waals surface area contributed by atoms with Gasteiger partial charge in [-0.3, -0.25) is 9.59 Å². The molecule has 2 aromatic carbocycles. The minimum atomic E-state index is -0.956. The molecular weight excluding hydrogens is 333 g/mol. The third-order valence-electron chi connectivity index (χ3n) is 3.53. The largest absolute Gasteiger partial charge is 0.340 e. The molecule has 0 aliphatic heterocycles. The summed E-state index contributed by atoms with van der Waals surface area (Å²) in [4.78, 5) is 24.6. The zero-order chi connectivity index (χ0) is 18.6. The molecule has 2 aromatic rings. The highest BCUT2D eigenvalue weighted by Gasteiger charge is 2.25. The summed E-state index contributed by atoms with van der Waals surface area (Å²) >= 11 is 0. The number of nitrogens with one attached hydrogen (secondary N) is 2. The lowest BCUT2D eigenvalue weighted by Crippen LogP contribution is -2.47. The number of rotatable bonds is 5. The van der Waals surface area contributed by atoms with Gasteiger partial charge in [-0.15, -0.1) is 0 Å². The van der Waals surface area contributed by atoms with E-state index >= 15 is 0 Å². The van der Waals surface area contributed by atoms with E-state index in [1.807, 2.05) is 0 Å². The highest BCUT2D eigenvalue weighted by Crippen LogP contribution is 2.16. The van der Waals surface area contributed by atoms with Crippen molar-refractivity contribution in [1.82, 2.24) is 5.32 Å². The van der Waals surface area contributed by atoms with E-state index in [2.05, 4.69) is 10.6 Å². The van der Waals surface area contributed by atoms with Crippen LogP contribution in [-0.4, -0.2) is 17.9 Å². The third-order valence-corrected chi connectivity index (χ3v) is 3.53. The molecule has 0 bridgehead atoms. The van der Waals surface area contributed by atoms with Crippen molar-refractivity contribution in [3.05, 3.63) is 65.5 Å². The number of hydrogen-bond donors (Lipinski definition) is 2. The lowest BCUT2D eigenvalue weighted by molar-refractivity contribution is -0.118. The maximum absolute atomic E-state index is 13.7. The average molecular weight is 350 g/mol. The fourth-order valence-corrected chi connectivity index (χ4v) is 2.16. The first-order valence-corrected chi connectivity index (χ1v) is 7.60. The van der Waals surface area contributed by atoms with Gasteiger partial charge < -0.3 is 10.6 Å². The zero-order valence-electron chi connectivity index (χ0n) is 13.6. The van der Waals surface area contributed by atoms with Crippen LogP contribution in [0.25, 0.3) is 0 Å². The Bertz CT molecular complexity index is 776. The molecule has 7 heteroatoms. The molecule has 0 aliphatic rings. The molecule has 0 aliphatic carbocycles. The van der Waals surface area contributed by atoms with Gasteiger partial charge in [-0.25, -0.2) is 13.2 Å². The van der Waals surface area contributed by atoms with Crippen molar-refractivity contribution in [2.45, 2.75) is 19.9 Å². The smallest absolute Gasteiger partial charge is 0.251 e. The normalized spacial score (nSPS) is 11.9. The lowest BCUT2D eigenvalue weighted by atomic mass is 10.0. The van der Waals surface area contributed by atoms with E-state index in [4.69, 9.17) is 0 Å². The highest BCUT2D eigenvalue weighted by molar-refractivity contribution is 6.01. The van der Waals surface area contributed by atoms with Gasteiger partial charge >= 0.3 is 0 Å². The Morgan fingerprint density at radius 1 is 0.920 bits per heavy atom. The minimum Gasteiger partial charge on any atom is -0.340 e. The second-order valence-corrected chi connectivity index (χ2v) is 5.82. The van der Waals surface area contributed by atoms with Gasteiger partial charge in [0.25, 0.3) is 5.91 Å². The standard InChI is InChI=1S/C18H17F3N2O2/c1-10(2)16(23-17(24)11-3-5-12(19)6-4-11)18(25)22-15-8-7-13(20)9-14(15)21/h3-10,16H,1-2H3,(H,22,25)(H,23,24). The zero-order valence-corrected chi connectivity index (χ0v) is 13.6. The van der Waals surface area contributed by atoms with Gasteiger partial charge in [-0.2, -0.15) is 0 Å². The molecule has 0 spiro atoms. The second kappa shape index (κ2) is 7.83. The van der Waals surface area contributed by atoms with Crippen LogP contribution in [0.2, 0.25) is 0 Å². The Kier molecular flexibility index (Phi) is 5.80. The SMILES string of the molecule is CC(C)C(NC(=O)c1ccc(F)cc1)C(=O)Nc1ccc(F)cc1F. The molecule has 1 atom stereocenters. The summed E-state index contributed by atoms with van der Waals surface area (Å²) in [5.74, 6) is -3.67. The summed E-state index contributed by atoms with van der Waals surface area (Å²) in [6.07, 6.45) is 0.